The molecule has 19 heavy (non-hydrogen) atoms. The summed E-state index contributed by atoms with van der Waals surface area (Å²) in [4.78, 5) is 2.64. The van der Waals surface area contributed by atoms with Crippen LogP contribution in [0.5, 0.6) is 0 Å². The van der Waals surface area contributed by atoms with Crippen molar-refractivity contribution in [3.63, 3.8) is 0 Å². The highest BCUT2D eigenvalue weighted by atomic mass is 16.5. The van der Waals surface area contributed by atoms with Gasteiger partial charge in [-0.25, -0.2) is 0 Å². The van der Waals surface area contributed by atoms with Gasteiger partial charge in [-0.1, -0.05) is 0 Å². The molecule has 1 N–H and O–H groups in total. The molecule has 0 amide bonds. The highest BCUT2D eigenvalue weighted by molar-refractivity contribution is 4.93. The Hall–Kier alpha value is -0.160. The number of ether oxygens (including phenoxy) is 2. The summed E-state index contributed by atoms with van der Waals surface area (Å²) < 4.78 is 11.6. The average molecular weight is 269 g/mol. The highest BCUT2D eigenvalue weighted by Gasteiger charge is 2.41. The van der Waals surface area contributed by atoms with Gasteiger partial charge in [-0.05, 0) is 57.5 Å². The summed E-state index contributed by atoms with van der Waals surface area (Å²) in [6.07, 6.45) is 6.80. The molecule has 1 atom stereocenters. The quantitative estimate of drug-likeness (QED) is 0.823. The summed E-state index contributed by atoms with van der Waals surface area (Å²) in [6, 6.07) is 0.687. The molecule has 0 saturated carbocycles. The Balaban J connectivity index is 1.56. The first-order chi connectivity index (χ1) is 9.31. The van der Waals surface area contributed by atoms with Gasteiger partial charge in [0.25, 0.3) is 0 Å². The van der Waals surface area contributed by atoms with Crippen LogP contribution in [0.2, 0.25) is 0 Å². The number of aliphatic hydroxyl groups excluding tert-OH is 1. The van der Waals surface area contributed by atoms with Crippen molar-refractivity contribution in [3.05, 3.63) is 0 Å². The van der Waals surface area contributed by atoms with Crippen LogP contribution in [0.15, 0.2) is 0 Å². The standard InChI is InChI=1S/C15H27NO3/c17-12-13-1-6-16(7-2-13)14-3-8-19-15(11-14)4-9-18-10-5-15/h13-14,17H,1-12H2. The summed E-state index contributed by atoms with van der Waals surface area (Å²) in [5, 5.41) is 9.23. The molecular formula is C15H27NO3. The number of likely N-dealkylation sites (tertiary alicyclic amines) is 1. The Labute approximate surface area is 116 Å². The number of nitrogens with zero attached hydrogens (tertiary/aromatic N) is 1. The van der Waals surface area contributed by atoms with Crippen molar-refractivity contribution in [2.45, 2.75) is 50.2 Å². The Morgan fingerprint density at radius 3 is 2.47 bits per heavy atom. The van der Waals surface area contributed by atoms with Gasteiger partial charge in [0.2, 0.25) is 0 Å². The van der Waals surface area contributed by atoms with E-state index in [1.807, 2.05) is 0 Å². The van der Waals surface area contributed by atoms with Crippen LogP contribution < -0.4 is 0 Å². The minimum Gasteiger partial charge on any atom is -0.396 e. The van der Waals surface area contributed by atoms with Crippen molar-refractivity contribution in [1.82, 2.24) is 4.90 Å². The van der Waals surface area contributed by atoms with E-state index in [-0.39, 0.29) is 5.60 Å². The van der Waals surface area contributed by atoms with Gasteiger partial charge < -0.3 is 19.5 Å². The Morgan fingerprint density at radius 1 is 1.05 bits per heavy atom. The smallest absolute Gasteiger partial charge is 0.0741 e. The lowest BCUT2D eigenvalue weighted by Gasteiger charge is -2.47. The molecule has 1 unspecified atom stereocenters. The molecule has 0 aromatic heterocycles. The maximum absolute atomic E-state index is 9.23. The first-order valence-corrected chi connectivity index (χ1v) is 7.88. The van der Waals surface area contributed by atoms with Gasteiger partial charge >= 0.3 is 0 Å². The lowest BCUT2D eigenvalue weighted by atomic mass is 9.82. The van der Waals surface area contributed by atoms with Gasteiger partial charge in [0, 0.05) is 32.5 Å². The maximum atomic E-state index is 9.23. The number of aliphatic hydroxyl groups is 1. The molecule has 0 bridgehead atoms. The van der Waals surface area contributed by atoms with Crippen LogP contribution in [0.1, 0.15) is 38.5 Å². The summed E-state index contributed by atoms with van der Waals surface area (Å²) in [5.74, 6) is 0.535. The molecule has 0 radical (unpaired) electrons. The number of piperidine rings is 1. The molecule has 0 aromatic carbocycles. The van der Waals surface area contributed by atoms with Crippen molar-refractivity contribution in [2.75, 3.05) is 39.5 Å². The first-order valence-electron chi connectivity index (χ1n) is 7.88. The lowest BCUT2D eigenvalue weighted by Crippen LogP contribution is -2.52. The minimum atomic E-state index is 0.106. The molecule has 0 aromatic rings. The second kappa shape index (κ2) is 6.08. The third kappa shape index (κ3) is 3.13. The molecule has 0 aliphatic carbocycles. The molecule has 3 rings (SSSR count). The summed E-state index contributed by atoms with van der Waals surface area (Å²) in [6.45, 7) is 5.30. The molecule has 4 heteroatoms. The van der Waals surface area contributed by atoms with Gasteiger partial charge in [-0.15, -0.1) is 0 Å². The zero-order valence-corrected chi connectivity index (χ0v) is 11.9. The van der Waals surface area contributed by atoms with Crippen molar-refractivity contribution >= 4 is 0 Å². The molecule has 3 fully saturated rings. The van der Waals surface area contributed by atoms with E-state index in [4.69, 9.17) is 9.47 Å². The van der Waals surface area contributed by atoms with Gasteiger partial charge in [-0.3, -0.25) is 0 Å². The van der Waals surface area contributed by atoms with E-state index in [0.717, 1.165) is 58.6 Å². The highest BCUT2D eigenvalue weighted by Crippen LogP contribution is 2.37. The van der Waals surface area contributed by atoms with E-state index in [0.29, 0.717) is 18.6 Å². The molecule has 110 valence electrons. The van der Waals surface area contributed by atoms with E-state index in [1.54, 1.807) is 0 Å². The fourth-order valence-corrected chi connectivity index (χ4v) is 3.91. The third-order valence-corrected chi connectivity index (χ3v) is 5.29. The van der Waals surface area contributed by atoms with Crippen LogP contribution in [0.4, 0.5) is 0 Å². The van der Waals surface area contributed by atoms with E-state index in [1.165, 1.54) is 12.8 Å². The second-order valence-electron chi connectivity index (χ2n) is 6.45. The molecule has 3 aliphatic rings. The summed E-state index contributed by atoms with van der Waals surface area (Å²) in [7, 11) is 0. The van der Waals surface area contributed by atoms with Crippen molar-refractivity contribution < 1.29 is 14.6 Å². The van der Waals surface area contributed by atoms with E-state index < -0.39 is 0 Å². The third-order valence-electron chi connectivity index (χ3n) is 5.29. The minimum absolute atomic E-state index is 0.106. The first kappa shape index (κ1) is 13.8. The van der Waals surface area contributed by atoms with Crippen LogP contribution in [0.25, 0.3) is 0 Å². The Morgan fingerprint density at radius 2 is 1.79 bits per heavy atom. The lowest BCUT2D eigenvalue weighted by molar-refractivity contribution is -0.153. The molecule has 3 saturated heterocycles. The number of hydrogen-bond acceptors (Lipinski definition) is 4. The fourth-order valence-electron chi connectivity index (χ4n) is 3.91. The molecule has 3 heterocycles. The van der Waals surface area contributed by atoms with E-state index in [2.05, 4.69) is 4.90 Å². The van der Waals surface area contributed by atoms with E-state index >= 15 is 0 Å². The van der Waals surface area contributed by atoms with Crippen LogP contribution in [-0.4, -0.2) is 61.2 Å². The molecule has 1 spiro atoms. The predicted octanol–water partition coefficient (Wildman–Crippen LogP) is 1.42. The monoisotopic (exact) mass is 269 g/mol. The van der Waals surface area contributed by atoms with Crippen LogP contribution in [0.3, 0.4) is 0 Å². The van der Waals surface area contributed by atoms with Crippen LogP contribution in [-0.2, 0) is 9.47 Å². The summed E-state index contributed by atoms with van der Waals surface area (Å²) >= 11 is 0. The van der Waals surface area contributed by atoms with Crippen molar-refractivity contribution in [2.24, 2.45) is 5.92 Å². The zero-order valence-electron chi connectivity index (χ0n) is 11.9. The Bertz CT molecular complexity index is 278. The van der Waals surface area contributed by atoms with Crippen LogP contribution >= 0.6 is 0 Å². The van der Waals surface area contributed by atoms with Gasteiger partial charge in [-0.2, -0.15) is 0 Å². The van der Waals surface area contributed by atoms with E-state index in [9.17, 15) is 5.11 Å². The molecular weight excluding hydrogens is 242 g/mol. The Kier molecular flexibility index (Phi) is 4.42. The molecule has 4 nitrogen and oxygen atoms in total. The predicted molar refractivity (Wildman–Crippen MR) is 73.1 cm³/mol. The zero-order chi connectivity index (χ0) is 13.1. The molecule has 3 aliphatic heterocycles. The SMILES string of the molecule is OCC1CCN(C2CCOC3(CCOCC3)C2)CC1. The topological polar surface area (TPSA) is 41.9 Å². The van der Waals surface area contributed by atoms with Gasteiger partial charge in [0.15, 0.2) is 0 Å². The summed E-state index contributed by atoms with van der Waals surface area (Å²) in [5.41, 5.74) is 0.106. The van der Waals surface area contributed by atoms with Crippen molar-refractivity contribution in [1.29, 1.82) is 0 Å². The van der Waals surface area contributed by atoms with Gasteiger partial charge in [0.05, 0.1) is 5.60 Å². The number of hydrogen-bond donors (Lipinski definition) is 1. The normalized spacial score (nSPS) is 33.6. The van der Waals surface area contributed by atoms with Gasteiger partial charge in [0.1, 0.15) is 0 Å². The van der Waals surface area contributed by atoms with Crippen molar-refractivity contribution in [3.8, 4) is 0 Å². The fraction of sp³-hybridized carbons (Fsp3) is 1.00. The number of rotatable bonds is 2. The largest absolute Gasteiger partial charge is 0.396 e. The second-order valence-corrected chi connectivity index (χ2v) is 6.45. The van der Waals surface area contributed by atoms with Crippen LogP contribution in [0, 0.1) is 5.92 Å². The average Bonchev–Trinajstić information content (AvgIpc) is 2.48. The maximum Gasteiger partial charge on any atom is 0.0741 e.